The first-order valence-electron chi connectivity index (χ1n) is 10.1. The maximum atomic E-state index is 12.6. The van der Waals surface area contributed by atoms with Gasteiger partial charge in [0.15, 0.2) is 28.8 Å². The van der Waals surface area contributed by atoms with Crippen LogP contribution in [0.5, 0.6) is 34.5 Å². The molecule has 188 valence electrons. The Morgan fingerprint density at radius 1 is 0.829 bits per heavy atom. The van der Waals surface area contributed by atoms with E-state index in [0.29, 0.717) is 56.7 Å². The minimum Gasteiger partial charge on any atom is -0.493 e. The van der Waals surface area contributed by atoms with Gasteiger partial charge in [-0.15, -0.1) is 10.2 Å². The fourth-order valence-electron chi connectivity index (χ4n) is 3.26. The maximum Gasteiger partial charge on any atom is 0.234 e. The van der Waals surface area contributed by atoms with Crippen molar-refractivity contribution in [3.63, 3.8) is 0 Å². The van der Waals surface area contributed by atoms with Crippen molar-refractivity contribution in [2.75, 3.05) is 59.6 Å². The molecule has 3 N–H and O–H groups in total. The van der Waals surface area contributed by atoms with Gasteiger partial charge in [-0.05, 0) is 12.1 Å². The van der Waals surface area contributed by atoms with E-state index in [1.165, 1.54) is 47.3 Å². The van der Waals surface area contributed by atoms with Gasteiger partial charge in [-0.25, -0.2) is 4.68 Å². The second-order valence-electron chi connectivity index (χ2n) is 6.84. The Bertz CT molecular complexity index is 1150. The molecule has 1 heterocycles. The van der Waals surface area contributed by atoms with Crippen LogP contribution < -0.4 is 39.6 Å². The summed E-state index contributed by atoms with van der Waals surface area (Å²) in [6.07, 6.45) is 0. The molecule has 0 bridgehead atoms. The molecule has 0 radical (unpaired) electrons. The number of nitrogens with two attached hydrogens (primary N) is 1. The predicted octanol–water partition coefficient (Wildman–Crippen LogP) is 2.44. The van der Waals surface area contributed by atoms with Crippen molar-refractivity contribution in [2.24, 2.45) is 0 Å². The first kappa shape index (κ1) is 25.6. The van der Waals surface area contributed by atoms with E-state index in [1.54, 1.807) is 24.3 Å². The average Bonchev–Trinajstić information content (AvgIpc) is 3.25. The number of hydrogen-bond donors (Lipinski definition) is 2. The standard InChI is InChI=1S/C22H27N5O7S/c1-29-14-7-12(8-15(30-2)19(14)33-5)21-25-26-22(27(21)23)35-11-18(28)24-13-9-16(31-3)20(34-6)17(10-13)32-4/h7-10H,11,23H2,1-6H3,(H,24,28). The summed E-state index contributed by atoms with van der Waals surface area (Å²) in [7, 11) is 9.05. The number of nitrogens with zero attached hydrogens (tertiary/aromatic N) is 3. The predicted molar refractivity (Wildman–Crippen MR) is 131 cm³/mol. The van der Waals surface area contributed by atoms with E-state index in [9.17, 15) is 4.79 Å². The lowest BCUT2D eigenvalue weighted by molar-refractivity contribution is -0.113. The van der Waals surface area contributed by atoms with Crippen LogP contribution in [-0.4, -0.2) is 69.2 Å². The SMILES string of the molecule is COc1cc(NC(=O)CSc2nnc(-c3cc(OC)c(OC)c(OC)c3)n2N)cc(OC)c1OC. The van der Waals surface area contributed by atoms with Crippen LogP contribution >= 0.6 is 11.8 Å². The summed E-state index contributed by atoms with van der Waals surface area (Å²) in [6, 6.07) is 6.69. The molecule has 0 atom stereocenters. The number of aromatic nitrogens is 3. The van der Waals surface area contributed by atoms with Gasteiger partial charge in [0, 0.05) is 23.4 Å². The molecule has 3 rings (SSSR count). The van der Waals surface area contributed by atoms with Crippen molar-refractivity contribution in [2.45, 2.75) is 5.16 Å². The Morgan fingerprint density at radius 3 is 1.77 bits per heavy atom. The highest BCUT2D eigenvalue weighted by Crippen LogP contribution is 2.41. The van der Waals surface area contributed by atoms with Gasteiger partial charge < -0.3 is 39.6 Å². The molecule has 3 aromatic rings. The van der Waals surface area contributed by atoms with Gasteiger partial charge in [-0.1, -0.05) is 11.8 Å². The Morgan fingerprint density at radius 2 is 1.31 bits per heavy atom. The van der Waals surface area contributed by atoms with Crippen LogP contribution in [0.3, 0.4) is 0 Å². The number of hydrogen-bond acceptors (Lipinski definition) is 11. The molecule has 2 aromatic carbocycles. The first-order valence-corrected chi connectivity index (χ1v) is 11.1. The highest BCUT2D eigenvalue weighted by atomic mass is 32.2. The second-order valence-corrected chi connectivity index (χ2v) is 7.78. The molecular weight excluding hydrogens is 478 g/mol. The highest BCUT2D eigenvalue weighted by molar-refractivity contribution is 7.99. The van der Waals surface area contributed by atoms with Gasteiger partial charge in [0.2, 0.25) is 22.6 Å². The number of benzene rings is 2. The second kappa shape index (κ2) is 11.4. The van der Waals surface area contributed by atoms with Crippen molar-refractivity contribution in [3.05, 3.63) is 24.3 Å². The zero-order valence-electron chi connectivity index (χ0n) is 20.2. The van der Waals surface area contributed by atoms with E-state index in [0.717, 1.165) is 11.8 Å². The van der Waals surface area contributed by atoms with Crippen LogP contribution in [0.15, 0.2) is 29.4 Å². The van der Waals surface area contributed by atoms with Crippen molar-refractivity contribution < 1.29 is 33.2 Å². The Labute approximate surface area is 206 Å². The molecule has 1 amide bonds. The summed E-state index contributed by atoms with van der Waals surface area (Å²) in [5.74, 6) is 8.93. The Balaban J connectivity index is 1.75. The van der Waals surface area contributed by atoms with Gasteiger partial charge in [0.25, 0.3) is 0 Å². The van der Waals surface area contributed by atoms with Crippen molar-refractivity contribution in [1.82, 2.24) is 14.9 Å². The summed E-state index contributed by atoms with van der Waals surface area (Å²) in [4.78, 5) is 12.6. The molecule has 0 aliphatic carbocycles. The van der Waals surface area contributed by atoms with E-state index < -0.39 is 0 Å². The minimum absolute atomic E-state index is 0.0290. The zero-order chi connectivity index (χ0) is 25.5. The summed E-state index contributed by atoms with van der Waals surface area (Å²) >= 11 is 1.12. The smallest absolute Gasteiger partial charge is 0.234 e. The number of thioether (sulfide) groups is 1. The highest BCUT2D eigenvalue weighted by Gasteiger charge is 2.20. The Kier molecular flexibility index (Phi) is 8.36. The largest absolute Gasteiger partial charge is 0.493 e. The summed E-state index contributed by atoms with van der Waals surface area (Å²) in [5, 5.41) is 11.4. The van der Waals surface area contributed by atoms with Crippen LogP contribution in [-0.2, 0) is 4.79 Å². The van der Waals surface area contributed by atoms with Crippen molar-refractivity contribution >= 4 is 23.4 Å². The van der Waals surface area contributed by atoms with Crippen LogP contribution in [0.25, 0.3) is 11.4 Å². The summed E-state index contributed by atoms with van der Waals surface area (Å²) < 4.78 is 33.3. The number of rotatable bonds is 11. The molecule has 0 aliphatic heterocycles. The van der Waals surface area contributed by atoms with Crippen molar-refractivity contribution in [3.8, 4) is 45.9 Å². The number of carbonyl (C=O) groups excluding carboxylic acids is 1. The number of amides is 1. The third-order valence-electron chi connectivity index (χ3n) is 4.87. The quantitative estimate of drug-likeness (QED) is 0.293. The monoisotopic (exact) mass is 505 g/mol. The number of nitrogen functional groups attached to an aromatic ring is 1. The van der Waals surface area contributed by atoms with Gasteiger partial charge in [0.05, 0.1) is 48.4 Å². The lowest BCUT2D eigenvalue weighted by Crippen LogP contribution is -2.16. The van der Waals surface area contributed by atoms with Crippen LogP contribution in [0.4, 0.5) is 5.69 Å². The molecule has 0 unspecified atom stereocenters. The molecule has 0 saturated heterocycles. The van der Waals surface area contributed by atoms with E-state index >= 15 is 0 Å². The van der Waals surface area contributed by atoms with E-state index in [1.807, 2.05) is 0 Å². The van der Waals surface area contributed by atoms with E-state index in [-0.39, 0.29) is 11.7 Å². The van der Waals surface area contributed by atoms with E-state index in [2.05, 4.69) is 15.5 Å². The van der Waals surface area contributed by atoms with Gasteiger partial charge in [-0.2, -0.15) is 0 Å². The molecule has 0 spiro atoms. The number of carbonyl (C=O) groups is 1. The number of anilines is 1. The average molecular weight is 506 g/mol. The maximum absolute atomic E-state index is 12.6. The third kappa shape index (κ3) is 5.40. The van der Waals surface area contributed by atoms with Gasteiger partial charge in [-0.3, -0.25) is 4.79 Å². The number of nitrogens with one attached hydrogen (secondary N) is 1. The number of methoxy groups -OCH3 is 6. The first-order chi connectivity index (χ1) is 16.9. The Hall–Kier alpha value is -4.00. The van der Waals surface area contributed by atoms with Crippen molar-refractivity contribution in [1.29, 1.82) is 0 Å². The van der Waals surface area contributed by atoms with Gasteiger partial charge in [0.1, 0.15) is 0 Å². The molecule has 35 heavy (non-hydrogen) atoms. The third-order valence-corrected chi connectivity index (χ3v) is 5.81. The lowest BCUT2D eigenvalue weighted by Gasteiger charge is -2.14. The molecule has 1 aromatic heterocycles. The van der Waals surface area contributed by atoms with Gasteiger partial charge >= 0.3 is 0 Å². The molecule has 12 nitrogen and oxygen atoms in total. The van der Waals surface area contributed by atoms with E-state index in [4.69, 9.17) is 34.3 Å². The molecule has 0 saturated carbocycles. The molecule has 0 fully saturated rings. The summed E-state index contributed by atoms with van der Waals surface area (Å²) in [6.45, 7) is 0. The van der Waals surface area contributed by atoms with Crippen LogP contribution in [0.2, 0.25) is 0 Å². The fourth-order valence-corrected chi connectivity index (χ4v) is 3.92. The molecule has 0 aliphatic rings. The van der Waals surface area contributed by atoms with Crippen LogP contribution in [0, 0.1) is 0 Å². The summed E-state index contributed by atoms with van der Waals surface area (Å²) in [5.41, 5.74) is 1.08. The zero-order valence-corrected chi connectivity index (χ0v) is 21.0. The molecular formula is C22H27N5O7S. The lowest BCUT2D eigenvalue weighted by atomic mass is 10.1. The number of ether oxygens (including phenoxy) is 6. The normalized spacial score (nSPS) is 10.5. The molecule has 13 heteroatoms. The minimum atomic E-state index is -0.290. The topological polar surface area (TPSA) is 141 Å². The fraction of sp³-hybridized carbons (Fsp3) is 0.318. The van der Waals surface area contributed by atoms with Crippen LogP contribution in [0.1, 0.15) is 0 Å².